The van der Waals surface area contributed by atoms with E-state index in [0.717, 1.165) is 18.2 Å². The molecule has 0 fully saturated rings. The van der Waals surface area contributed by atoms with Gasteiger partial charge in [-0.1, -0.05) is 11.6 Å². The van der Waals surface area contributed by atoms with E-state index in [0.29, 0.717) is 11.3 Å². The Balaban J connectivity index is 1.81. The summed E-state index contributed by atoms with van der Waals surface area (Å²) >= 11 is 5.78. The molecule has 7 nitrogen and oxygen atoms in total. The number of nitrogens with one attached hydrogen (secondary N) is 1. The van der Waals surface area contributed by atoms with Crippen LogP contribution in [0.2, 0.25) is 5.02 Å². The number of rotatable bonds is 4. The van der Waals surface area contributed by atoms with Crippen LogP contribution in [0.4, 0.5) is 23.7 Å². The molecule has 0 radical (unpaired) electrons. The molecule has 0 bridgehead atoms. The molecule has 0 saturated heterocycles. The topological polar surface area (TPSA) is 89.6 Å². The number of anilines is 1. The predicted molar refractivity (Wildman–Crippen MR) is 118 cm³/mol. The van der Waals surface area contributed by atoms with Crippen LogP contribution in [-0.2, 0) is 17.9 Å². The molecule has 3 aromatic rings. The fraction of sp³-hybridized carbons (Fsp3) is 0.273. The molecule has 1 unspecified atom stereocenters. The van der Waals surface area contributed by atoms with Gasteiger partial charge in [0.25, 0.3) is 5.56 Å². The number of nitrogens with two attached hydrogens (primary N) is 1. The summed E-state index contributed by atoms with van der Waals surface area (Å²) in [5.74, 6) is -2.89. The van der Waals surface area contributed by atoms with E-state index >= 15 is 0 Å². The zero-order valence-electron chi connectivity index (χ0n) is 17.5. The monoisotopic (exact) mass is 480 g/mol. The van der Waals surface area contributed by atoms with E-state index in [9.17, 15) is 22.8 Å². The number of nitrogens with zero attached hydrogens (tertiary/aromatic N) is 2. The van der Waals surface area contributed by atoms with Gasteiger partial charge in [-0.05, 0) is 35.7 Å². The minimum atomic E-state index is -1.15. The third kappa shape index (κ3) is 4.17. The van der Waals surface area contributed by atoms with Crippen LogP contribution in [-0.4, -0.2) is 35.7 Å². The Kier molecular flexibility index (Phi) is 6.33. The Morgan fingerprint density at radius 2 is 1.91 bits per heavy atom. The Bertz CT molecular complexity index is 1310. The van der Waals surface area contributed by atoms with Crippen molar-refractivity contribution in [3.63, 3.8) is 0 Å². The van der Waals surface area contributed by atoms with Gasteiger partial charge in [0, 0.05) is 31.4 Å². The molecule has 1 atom stereocenters. The van der Waals surface area contributed by atoms with Gasteiger partial charge in [-0.15, -0.1) is 0 Å². The first kappa shape index (κ1) is 23.1. The highest BCUT2D eigenvalue weighted by Gasteiger charge is 2.32. The molecule has 2 amide bonds. The number of carbonyl (C=O) groups is 1. The van der Waals surface area contributed by atoms with Crippen molar-refractivity contribution in [2.75, 3.05) is 25.5 Å². The third-order valence-electron chi connectivity index (χ3n) is 5.62. The SMILES string of the molecule is CN(C(=O)Nc1ccc(F)c(Cl)c1)C1COCc2c1c1cc(F)c(F)cc1c(=O)n2CCN. The van der Waals surface area contributed by atoms with Gasteiger partial charge in [-0.3, -0.25) is 4.79 Å². The zero-order valence-corrected chi connectivity index (χ0v) is 18.3. The molecule has 1 aliphatic rings. The number of benzene rings is 2. The van der Waals surface area contributed by atoms with Crippen molar-refractivity contribution in [1.29, 1.82) is 0 Å². The third-order valence-corrected chi connectivity index (χ3v) is 5.91. The largest absolute Gasteiger partial charge is 0.373 e. The molecule has 11 heteroatoms. The highest BCUT2D eigenvalue weighted by atomic mass is 35.5. The fourth-order valence-electron chi connectivity index (χ4n) is 3.99. The summed E-state index contributed by atoms with van der Waals surface area (Å²) in [5, 5.41) is 2.63. The second-order valence-electron chi connectivity index (χ2n) is 7.62. The summed E-state index contributed by atoms with van der Waals surface area (Å²) in [6.07, 6.45) is 0. The number of urea groups is 1. The summed E-state index contributed by atoms with van der Waals surface area (Å²) in [4.78, 5) is 27.3. The lowest BCUT2D eigenvalue weighted by molar-refractivity contribution is 0.0500. The fourth-order valence-corrected chi connectivity index (χ4v) is 4.17. The molecular weight excluding hydrogens is 461 g/mol. The second-order valence-corrected chi connectivity index (χ2v) is 8.03. The minimum Gasteiger partial charge on any atom is -0.373 e. The molecule has 1 aromatic heterocycles. The standard InChI is InChI=1S/C22H20ClF3N4O3/c1-29(22(32)28-11-2-3-15(24)14(23)6-11)18-9-33-10-19-20(18)12-7-16(25)17(26)8-13(12)21(31)30(19)5-4-27/h2-3,6-8,18H,4-5,9-10,27H2,1H3,(H,28,32). The first-order valence-electron chi connectivity index (χ1n) is 10.0. The van der Waals surface area contributed by atoms with Crippen LogP contribution in [0.5, 0.6) is 0 Å². The van der Waals surface area contributed by atoms with Crippen LogP contribution in [0.1, 0.15) is 17.3 Å². The van der Waals surface area contributed by atoms with E-state index in [-0.39, 0.29) is 47.8 Å². The van der Waals surface area contributed by atoms with E-state index in [1.807, 2.05) is 0 Å². The number of likely N-dealkylation sites (N-methyl/N-ethyl adjacent to an activating group) is 1. The van der Waals surface area contributed by atoms with Crippen molar-refractivity contribution >= 4 is 34.1 Å². The molecule has 0 aliphatic carbocycles. The number of pyridine rings is 1. The Morgan fingerprint density at radius 3 is 2.58 bits per heavy atom. The molecule has 33 heavy (non-hydrogen) atoms. The molecule has 2 aromatic carbocycles. The number of carbonyl (C=O) groups excluding carboxylic acids is 1. The zero-order chi connectivity index (χ0) is 23.9. The van der Waals surface area contributed by atoms with Gasteiger partial charge in [0.1, 0.15) is 5.82 Å². The Labute approximate surface area is 191 Å². The van der Waals surface area contributed by atoms with Crippen molar-refractivity contribution in [3.8, 4) is 0 Å². The number of fused-ring (bicyclic) bond motifs is 3. The lowest BCUT2D eigenvalue weighted by Gasteiger charge is -2.35. The van der Waals surface area contributed by atoms with Gasteiger partial charge >= 0.3 is 6.03 Å². The van der Waals surface area contributed by atoms with E-state index in [1.165, 1.54) is 28.6 Å². The number of hydrogen-bond acceptors (Lipinski definition) is 4. The minimum absolute atomic E-state index is 0.0212. The maximum absolute atomic E-state index is 14.2. The maximum atomic E-state index is 14.2. The summed E-state index contributed by atoms with van der Waals surface area (Å²) in [5.41, 5.74) is 6.31. The van der Waals surface area contributed by atoms with E-state index in [2.05, 4.69) is 5.32 Å². The summed E-state index contributed by atoms with van der Waals surface area (Å²) < 4.78 is 48.6. The number of halogens is 4. The van der Waals surface area contributed by atoms with Gasteiger partial charge in [-0.2, -0.15) is 0 Å². The van der Waals surface area contributed by atoms with Gasteiger partial charge < -0.3 is 25.3 Å². The number of aromatic nitrogens is 1. The van der Waals surface area contributed by atoms with Crippen LogP contribution in [0.15, 0.2) is 35.1 Å². The second kappa shape index (κ2) is 9.05. The molecule has 0 spiro atoms. The van der Waals surface area contributed by atoms with Crippen LogP contribution in [0.3, 0.4) is 0 Å². The highest BCUT2D eigenvalue weighted by Crippen LogP contribution is 2.35. The molecule has 4 rings (SSSR count). The highest BCUT2D eigenvalue weighted by molar-refractivity contribution is 6.31. The smallest absolute Gasteiger partial charge is 0.322 e. The van der Waals surface area contributed by atoms with Crippen molar-refractivity contribution in [1.82, 2.24) is 9.47 Å². The number of hydrogen-bond donors (Lipinski definition) is 2. The maximum Gasteiger partial charge on any atom is 0.322 e. The molecule has 1 aliphatic heterocycles. The average molecular weight is 481 g/mol. The van der Waals surface area contributed by atoms with Crippen LogP contribution >= 0.6 is 11.6 Å². The first-order chi connectivity index (χ1) is 15.7. The first-order valence-corrected chi connectivity index (χ1v) is 10.4. The summed E-state index contributed by atoms with van der Waals surface area (Å²) in [6.45, 7) is 0.360. The van der Waals surface area contributed by atoms with Gasteiger partial charge in [0.2, 0.25) is 0 Å². The molecule has 3 N–H and O–H groups in total. The van der Waals surface area contributed by atoms with Gasteiger partial charge in [0.15, 0.2) is 11.6 Å². The van der Waals surface area contributed by atoms with Crippen molar-refractivity contribution in [3.05, 3.63) is 74.4 Å². The van der Waals surface area contributed by atoms with Crippen LogP contribution < -0.4 is 16.6 Å². The predicted octanol–water partition coefficient (Wildman–Crippen LogP) is 3.77. The van der Waals surface area contributed by atoms with Crippen LogP contribution in [0.25, 0.3) is 10.8 Å². The summed E-state index contributed by atoms with van der Waals surface area (Å²) in [7, 11) is 1.49. The molecule has 174 valence electrons. The average Bonchev–Trinajstić information content (AvgIpc) is 2.79. The van der Waals surface area contributed by atoms with Gasteiger partial charge in [0.05, 0.1) is 35.4 Å². The molecular formula is C22H20ClF3N4O3. The quantitative estimate of drug-likeness (QED) is 0.595. The van der Waals surface area contributed by atoms with E-state index in [4.69, 9.17) is 22.1 Å². The van der Waals surface area contributed by atoms with Crippen LogP contribution in [0, 0.1) is 17.5 Å². The number of amides is 2. The Morgan fingerprint density at radius 1 is 1.21 bits per heavy atom. The van der Waals surface area contributed by atoms with Crippen molar-refractivity contribution in [2.24, 2.45) is 5.73 Å². The van der Waals surface area contributed by atoms with Gasteiger partial charge in [-0.25, -0.2) is 18.0 Å². The lowest BCUT2D eigenvalue weighted by Crippen LogP contribution is -2.41. The molecule has 0 saturated carbocycles. The van der Waals surface area contributed by atoms with Crippen molar-refractivity contribution < 1.29 is 22.7 Å². The van der Waals surface area contributed by atoms with E-state index in [1.54, 1.807) is 0 Å². The van der Waals surface area contributed by atoms with E-state index < -0.39 is 35.1 Å². The summed E-state index contributed by atoms with van der Waals surface area (Å²) in [6, 6.07) is 4.24. The Hall–Kier alpha value is -3.08. The number of ether oxygens (including phenoxy) is 1. The normalized spacial score (nSPS) is 15.4. The molecule has 2 heterocycles. The van der Waals surface area contributed by atoms with Crippen molar-refractivity contribution in [2.45, 2.75) is 19.2 Å². The lowest BCUT2D eigenvalue weighted by atomic mass is 9.95.